The Labute approximate surface area is 115 Å². The van der Waals surface area contributed by atoms with Crippen LogP contribution in [0, 0.1) is 0 Å². The number of hydrogen-bond donors (Lipinski definition) is 2. The molecule has 0 aliphatic carbocycles. The number of nitrogens with one attached hydrogen (secondary N) is 1. The van der Waals surface area contributed by atoms with Crippen molar-refractivity contribution in [2.75, 3.05) is 20.8 Å². The minimum atomic E-state index is -0.0459. The summed E-state index contributed by atoms with van der Waals surface area (Å²) < 4.78 is 10.6. The summed E-state index contributed by atoms with van der Waals surface area (Å²) in [6.07, 6.45) is -0.0459. The highest BCUT2D eigenvalue weighted by Crippen LogP contribution is 2.24. The molecule has 0 amide bonds. The lowest BCUT2D eigenvalue weighted by atomic mass is 10.0. The van der Waals surface area contributed by atoms with E-state index in [1.54, 1.807) is 20.3 Å². The van der Waals surface area contributed by atoms with E-state index < -0.39 is 0 Å². The van der Waals surface area contributed by atoms with Gasteiger partial charge in [-0.2, -0.15) is 0 Å². The van der Waals surface area contributed by atoms with E-state index in [9.17, 15) is 5.11 Å². The average Bonchev–Trinajstić information content (AvgIpc) is 2.32. The zero-order valence-corrected chi connectivity index (χ0v) is 12.5. The van der Waals surface area contributed by atoms with Crippen LogP contribution in [-0.2, 0) is 16.1 Å². The molecule has 0 aliphatic rings. The van der Waals surface area contributed by atoms with Gasteiger partial charge in [-0.25, -0.2) is 0 Å². The number of phenolic OH excluding ortho intramolecular Hbond substituents is 1. The minimum Gasteiger partial charge on any atom is -0.508 e. The molecule has 0 heterocycles. The highest BCUT2D eigenvalue weighted by molar-refractivity contribution is 5.36. The second kappa shape index (κ2) is 6.89. The average molecular weight is 267 g/mol. The number of rotatable bonds is 6. The third-order valence-electron chi connectivity index (χ3n) is 2.88. The Bertz CT molecular complexity index is 399. The van der Waals surface area contributed by atoms with Crippen molar-refractivity contribution in [3.63, 3.8) is 0 Å². The molecule has 0 fully saturated rings. The molecule has 0 aromatic heterocycles. The normalized spacial score (nSPS) is 13.5. The maximum absolute atomic E-state index is 9.74. The number of hydrogen-bond acceptors (Lipinski definition) is 4. The smallest absolute Gasteiger partial charge is 0.121 e. The van der Waals surface area contributed by atoms with Crippen molar-refractivity contribution in [2.45, 2.75) is 39.0 Å². The second-order valence-corrected chi connectivity index (χ2v) is 5.68. The molecule has 4 heteroatoms. The fourth-order valence-corrected chi connectivity index (χ4v) is 1.81. The van der Waals surface area contributed by atoms with Gasteiger partial charge in [0.05, 0.1) is 12.7 Å². The molecule has 0 radical (unpaired) electrons. The van der Waals surface area contributed by atoms with E-state index in [1.807, 2.05) is 12.1 Å². The fourth-order valence-electron chi connectivity index (χ4n) is 1.81. The van der Waals surface area contributed by atoms with Crippen LogP contribution in [0.4, 0.5) is 0 Å². The molecule has 0 bridgehead atoms. The maximum Gasteiger partial charge on any atom is 0.121 e. The number of methoxy groups -OCH3 is 2. The van der Waals surface area contributed by atoms with E-state index in [4.69, 9.17) is 9.47 Å². The van der Waals surface area contributed by atoms with Gasteiger partial charge >= 0.3 is 0 Å². The molecular formula is C15H25NO3. The molecule has 1 aromatic carbocycles. The number of aromatic hydroxyl groups is 1. The number of phenols is 1. The highest BCUT2D eigenvalue weighted by atomic mass is 16.5. The van der Waals surface area contributed by atoms with E-state index in [0.717, 1.165) is 17.7 Å². The van der Waals surface area contributed by atoms with Crippen molar-refractivity contribution in [3.05, 3.63) is 29.3 Å². The van der Waals surface area contributed by atoms with Gasteiger partial charge in [-0.05, 0) is 38.5 Å². The van der Waals surface area contributed by atoms with Gasteiger partial charge in [-0.15, -0.1) is 0 Å². The Balaban J connectivity index is 2.83. The SMILES string of the molecule is COCc1cc(C(CNC(C)(C)C)OC)ccc1O. The molecule has 2 N–H and O–H groups in total. The highest BCUT2D eigenvalue weighted by Gasteiger charge is 2.16. The molecule has 1 atom stereocenters. The predicted octanol–water partition coefficient (Wildman–Crippen LogP) is 2.61. The Morgan fingerprint density at radius 3 is 2.47 bits per heavy atom. The largest absolute Gasteiger partial charge is 0.508 e. The lowest BCUT2D eigenvalue weighted by molar-refractivity contribution is 0.0956. The van der Waals surface area contributed by atoms with Gasteiger partial charge in [0.15, 0.2) is 0 Å². The quantitative estimate of drug-likeness (QED) is 0.832. The van der Waals surface area contributed by atoms with Gasteiger partial charge in [0, 0.05) is 31.9 Å². The van der Waals surface area contributed by atoms with Crippen molar-refractivity contribution in [2.24, 2.45) is 0 Å². The van der Waals surface area contributed by atoms with Crippen LogP contribution < -0.4 is 5.32 Å². The molecule has 1 rings (SSSR count). The number of ether oxygens (including phenoxy) is 2. The summed E-state index contributed by atoms with van der Waals surface area (Å²) in [6.45, 7) is 7.46. The molecule has 0 saturated heterocycles. The van der Waals surface area contributed by atoms with E-state index in [-0.39, 0.29) is 17.4 Å². The molecule has 1 aromatic rings. The topological polar surface area (TPSA) is 50.7 Å². The predicted molar refractivity (Wildman–Crippen MR) is 76.3 cm³/mol. The fraction of sp³-hybridized carbons (Fsp3) is 0.600. The zero-order valence-electron chi connectivity index (χ0n) is 12.5. The first-order valence-corrected chi connectivity index (χ1v) is 6.46. The van der Waals surface area contributed by atoms with E-state index in [2.05, 4.69) is 26.1 Å². The Morgan fingerprint density at radius 1 is 1.26 bits per heavy atom. The van der Waals surface area contributed by atoms with Gasteiger partial charge in [-0.1, -0.05) is 6.07 Å². The van der Waals surface area contributed by atoms with Crippen LogP contribution >= 0.6 is 0 Å². The second-order valence-electron chi connectivity index (χ2n) is 5.68. The molecule has 0 saturated carbocycles. The first-order valence-electron chi connectivity index (χ1n) is 6.46. The first-order chi connectivity index (χ1) is 8.87. The van der Waals surface area contributed by atoms with Crippen LogP contribution in [0.1, 0.15) is 38.0 Å². The summed E-state index contributed by atoms with van der Waals surface area (Å²) in [5.74, 6) is 0.254. The summed E-state index contributed by atoms with van der Waals surface area (Å²) in [6, 6.07) is 5.50. The van der Waals surface area contributed by atoms with Gasteiger partial charge in [0.2, 0.25) is 0 Å². The van der Waals surface area contributed by atoms with E-state index in [0.29, 0.717) is 6.61 Å². The zero-order chi connectivity index (χ0) is 14.5. The standard InChI is InChI=1S/C15H25NO3/c1-15(2,3)16-9-14(19-5)11-6-7-13(17)12(8-11)10-18-4/h6-8,14,16-17H,9-10H2,1-5H3. The van der Waals surface area contributed by atoms with Crippen molar-refractivity contribution in [1.82, 2.24) is 5.32 Å². The van der Waals surface area contributed by atoms with Crippen molar-refractivity contribution in [3.8, 4) is 5.75 Å². The van der Waals surface area contributed by atoms with E-state index >= 15 is 0 Å². The van der Waals surface area contributed by atoms with Gasteiger partial charge in [0.25, 0.3) is 0 Å². The van der Waals surface area contributed by atoms with Gasteiger partial charge < -0.3 is 19.9 Å². The Hall–Kier alpha value is -1.10. The van der Waals surface area contributed by atoms with Crippen LogP contribution in [0.2, 0.25) is 0 Å². The summed E-state index contributed by atoms with van der Waals surface area (Å²) in [7, 11) is 3.30. The summed E-state index contributed by atoms with van der Waals surface area (Å²) in [5.41, 5.74) is 1.85. The molecule has 1 unspecified atom stereocenters. The number of benzene rings is 1. The van der Waals surface area contributed by atoms with Crippen LogP contribution in [-0.4, -0.2) is 31.4 Å². The Kier molecular flexibility index (Phi) is 5.79. The van der Waals surface area contributed by atoms with Crippen LogP contribution in [0.3, 0.4) is 0 Å². The molecule has 19 heavy (non-hydrogen) atoms. The van der Waals surface area contributed by atoms with Crippen molar-refractivity contribution in [1.29, 1.82) is 0 Å². The molecule has 0 aliphatic heterocycles. The van der Waals surface area contributed by atoms with Crippen LogP contribution in [0.5, 0.6) is 5.75 Å². The third-order valence-corrected chi connectivity index (χ3v) is 2.88. The lowest BCUT2D eigenvalue weighted by Crippen LogP contribution is -2.38. The third kappa shape index (κ3) is 5.19. The van der Waals surface area contributed by atoms with E-state index in [1.165, 1.54) is 0 Å². The molecule has 0 spiro atoms. The lowest BCUT2D eigenvalue weighted by Gasteiger charge is -2.25. The summed E-state index contributed by atoms with van der Waals surface area (Å²) in [4.78, 5) is 0. The van der Waals surface area contributed by atoms with Gasteiger partial charge in [0.1, 0.15) is 5.75 Å². The Morgan fingerprint density at radius 2 is 1.95 bits per heavy atom. The minimum absolute atomic E-state index is 0.0447. The molecular weight excluding hydrogens is 242 g/mol. The van der Waals surface area contributed by atoms with Crippen molar-refractivity contribution >= 4 is 0 Å². The molecule has 108 valence electrons. The summed E-state index contributed by atoms with van der Waals surface area (Å²) in [5, 5.41) is 13.2. The van der Waals surface area contributed by atoms with Crippen molar-refractivity contribution < 1.29 is 14.6 Å². The maximum atomic E-state index is 9.74. The van der Waals surface area contributed by atoms with Crippen LogP contribution in [0.25, 0.3) is 0 Å². The summed E-state index contributed by atoms with van der Waals surface area (Å²) >= 11 is 0. The first kappa shape index (κ1) is 16.0. The molecule has 4 nitrogen and oxygen atoms in total. The van der Waals surface area contributed by atoms with Crippen LogP contribution in [0.15, 0.2) is 18.2 Å². The monoisotopic (exact) mass is 267 g/mol. The van der Waals surface area contributed by atoms with Gasteiger partial charge in [-0.3, -0.25) is 0 Å².